The quantitative estimate of drug-likeness (QED) is 0.567. The van der Waals surface area contributed by atoms with Crippen molar-refractivity contribution in [3.63, 3.8) is 0 Å². The Bertz CT molecular complexity index is 956. The van der Waals surface area contributed by atoms with Gasteiger partial charge in [0.1, 0.15) is 23.5 Å². The van der Waals surface area contributed by atoms with Gasteiger partial charge in [-0.2, -0.15) is 15.8 Å². The zero-order valence-corrected chi connectivity index (χ0v) is 11.1. The summed E-state index contributed by atoms with van der Waals surface area (Å²) in [6, 6.07) is 10.6. The number of nitrogens with two attached hydrogens (primary N) is 1. The van der Waals surface area contributed by atoms with E-state index in [9.17, 15) is 15.8 Å². The summed E-state index contributed by atoms with van der Waals surface area (Å²) in [5.74, 6) is 0.245. The van der Waals surface area contributed by atoms with Crippen molar-refractivity contribution in [3.8, 4) is 23.9 Å². The summed E-state index contributed by atoms with van der Waals surface area (Å²) < 4.78 is 1.57. The SMILES string of the molecule is [C-]#[N+]c1cn2c(c1C#N)NC(C#N)(C#N)c1ccc(N)cc1-2. The van der Waals surface area contributed by atoms with Gasteiger partial charge in [0, 0.05) is 17.4 Å². The van der Waals surface area contributed by atoms with Crippen molar-refractivity contribution in [1.82, 2.24) is 4.57 Å². The molecule has 7 nitrogen and oxygen atoms in total. The van der Waals surface area contributed by atoms with Gasteiger partial charge in [0.15, 0.2) is 0 Å². The minimum absolute atomic E-state index is 0.0953. The fraction of sp³-hybridized carbons (Fsp3) is 0.0667. The molecule has 2 heterocycles. The fourth-order valence-corrected chi connectivity index (χ4v) is 2.51. The van der Waals surface area contributed by atoms with Crippen molar-refractivity contribution in [2.45, 2.75) is 5.54 Å². The maximum absolute atomic E-state index is 9.49. The molecule has 1 aliphatic rings. The van der Waals surface area contributed by atoms with Crippen LogP contribution in [0.15, 0.2) is 24.4 Å². The van der Waals surface area contributed by atoms with Gasteiger partial charge in [-0.05, 0) is 12.1 Å². The van der Waals surface area contributed by atoms with E-state index in [1.54, 1.807) is 22.8 Å². The molecule has 1 aliphatic heterocycles. The number of nitrogen functional groups attached to an aromatic ring is 1. The van der Waals surface area contributed by atoms with E-state index in [-0.39, 0.29) is 17.1 Å². The highest BCUT2D eigenvalue weighted by Gasteiger charge is 2.41. The lowest BCUT2D eigenvalue weighted by molar-refractivity contribution is 0.756. The van der Waals surface area contributed by atoms with Gasteiger partial charge in [0.05, 0.1) is 18.3 Å². The van der Waals surface area contributed by atoms with Crippen LogP contribution in [0.3, 0.4) is 0 Å². The van der Waals surface area contributed by atoms with E-state index >= 15 is 0 Å². The number of aromatic nitrogens is 1. The summed E-state index contributed by atoms with van der Waals surface area (Å²) >= 11 is 0. The number of nitrogens with zero attached hydrogens (tertiary/aromatic N) is 5. The normalized spacial score (nSPS) is 13.3. The van der Waals surface area contributed by atoms with Gasteiger partial charge >= 0.3 is 0 Å². The minimum atomic E-state index is -1.64. The zero-order valence-electron chi connectivity index (χ0n) is 11.1. The standard InChI is InChI=1S/C15H7N7/c1-20-12-6-22-13-4-9(19)2-3-11(13)15(7-17,8-18)21-14(22)10(12)5-16/h2-4,6,21H,19H2. The minimum Gasteiger partial charge on any atom is -0.399 e. The Morgan fingerprint density at radius 1 is 1.27 bits per heavy atom. The highest BCUT2D eigenvalue weighted by atomic mass is 15.2. The average Bonchev–Trinajstić information content (AvgIpc) is 2.91. The third-order valence-corrected chi connectivity index (χ3v) is 3.54. The van der Waals surface area contributed by atoms with Gasteiger partial charge in [-0.3, -0.25) is 0 Å². The van der Waals surface area contributed by atoms with Crippen LogP contribution in [0.1, 0.15) is 11.1 Å². The summed E-state index contributed by atoms with van der Waals surface area (Å²) in [5, 5.41) is 31.1. The Balaban J connectivity index is 2.45. The van der Waals surface area contributed by atoms with Crippen LogP contribution in [-0.4, -0.2) is 4.57 Å². The van der Waals surface area contributed by atoms with Crippen molar-refractivity contribution < 1.29 is 0 Å². The van der Waals surface area contributed by atoms with Crippen LogP contribution in [0.25, 0.3) is 10.5 Å². The average molecular weight is 285 g/mol. The van der Waals surface area contributed by atoms with Crippen LogP contribution in [0, 0.1) is 40.6 Å². The number of hydrogen-bond acceptors (Lipinski definition) is 5. The lowest BCUT2D eigenvalue weighted by atomic mass is 9.89. The zero-order chi connectivity index (χ0) is 15.9. The van der Waals surface area contributed by atoms with Crippen LogP contribution in [0.5, 0.6) is 0 Å². The molecular formula is C15H7N7. The molecule has 0 bridgehead atoms. The molecule has 3 N–H and O–H groups in total. The number of rotatable bonds is 0. The predicted molar refractivity (Wildman–Crippen MR) is 77.7 cm³/mol. The van der Waals surface area contributed by atoms with E-state index in [1.807, 2.05) is 18.2 Å². The molecule has 22 heavy (non-hydrogen) atoms. The van der Waals surface area contributed by atoms with Crippen LogP contribution in [0.4, 0.5) is 17.2 Å². The number of nitriles is 3. The van der Waals surface area contributed by atoms with Gasteiger partial charge in [-0.1, -0.05) is 6.07 Å². The smallest absolute Gasteiger partial charge is 0.241 e. The number of benzene rings is 1. The Kier molecular flexibility index (Phi) is 2.54. The maximum Gasteiger partial charge on any atom is 0.241 e. The molecule has 0 unspecified atom stereocenters. The lowest BCUT2D eigenvalue weighted by Crippen LogP contribution is -2.37. The first-order valence-corrected chi connectivity index (χ1v) is 6.14. The Hall–Kier alpha value is -3.94. The first-order chi connectivity index (χ1) is 10.6. The highest BCUT2D eigenvalue weighted by molar-refractivity contribution is 5.79. The topological polar surface area (TPSA) is 119 Å². The van der Waals surface area contributed by atoms with Crippen LogP contribution in [0.2, 0.25) is 0 Å². The largest absolute Gasteiger partial charge is 0.399 e. The molecule has 0 saturated carbocycles. The first-order valence-electron chi connectivity index (χ1n) is 6.14. The second-order valence-electron chi connectivity index (χ2n) is 4.71. The van der Waals surface area contributed by atoms with Crippen LogP contribution in [-0.2, 0) is 5.54 Å². The molecule has 0 amide bonds. The van der Waals surface area contributed by atoms with E-state index in [2.05, 4.69) is 10.2 Å². The molecule has 0 spiro atoms. The van der Waals surface area contributed by atoms with Crippen molar-refractivity contribution in [1.29, 1.82) is 15.8 Å². The van der Waals surface area contributed by atoms with Gasteiger partial charge in [0.25, 0.3) is 0 Å². The molecular weight excluding hydrogens is 278 g/mol. The summed E-state index contributed by atoms with van der Waals surface area (Å²) in [6.45, 7) is 7.16. The molecule has 3 rings (SSSR count). The third kappa shape index (κ3) is 1.45. The molecule has 0 aliphatic carbocycles. The number of fused-ring (bicyclic) bond motifs is 3. The Labute approximate surface area is 125 Å². The summed E-state index contributed by atoms with van der Waals surface area (Å²) in [6.07, 6.45) is 1.49. The van der Waals surface area contributed by atoms with Crippen molar-refractivity contribution in [2.75, 3.05) is 11.1 Å². The molecule has 102 valence electrons. The van der Waals surface area contributed by atoms with Gasteiger partial charge in [-0.25, -0.2) is 4.85 Å². The van der Waals surface area contributed by atoms with E-state index in [0.717, 1.165) is 0 Å². The molecule has 0 saturated heterocycles. The fourth-order valence-electron chi connectivity index (χ4n) is 2.51. The van der Waals surface area contributed by atoms with Crippen molar-refractivity contribution in [2.24, 2.45) is 0 Å². The molecule has 1 aromatic heterocycles. The molecule has 0 fully saturated rings. The second kappa shape index (κ2) is 4.28. The summed E-state index contributed by atoms with van der Waals surface area (Å²) in [4.78, 5) is 3.31. The summed E-state index contributed by atoms with van der Waals surface area (Å²) in [5.41, 5.74) is 5.78. The van der Waals surface area contributed by atoms with Gasteiger partial charge in [0.2, 0.25) is 11.2 Å². The molecule has 2 aromatic rings. The van der Waals surface area contributed by atoms with E-state index < -0.39 is 5.54 Å². The van der Waals surface area contributed by atoms with Gasteiger partial charge in [-0.15, -0.1) is 0 Å². The Morgan fingerprint density at radius 3 is 2.59 bits per heavy atom. The third-order valence-electron chi connectivity index (χ3n) is 3.54. The van der Waals surface area contributed by atoms with E-state index in [1.165, 1.54) is 6.20 Å². The summed E-state index contributed by atoms with van der Waals surface area (Å²) in [7, 11) is 0. The molecule has 1 aromatic carbocycles. The monoisotopic (exact) mass is 285 g/mol. The number of anilines is 2. The maximum atomic E-state index is 9.49. The van der Waals surface area contributed by atoms with E-state index in [4.69, 9.17) is 12.3 Å². The van der Waals surface area contributed by atoms with Gasteiger partial charge < -0.3 is 15.6 Å². The number of hydrogen-bond donors (Lipinski definition) is 2. The predicted octanol–water partition coefficient (Wildman–Crippen LogP) is 2.15. The Morgan fingerprint density at radius 2 is 2.00 bits per heavy atom. The first kappa shape index (κ1) is 13.1. The van der Waals surface area contributed by atoms with Crippen molar-refractivity contribution in [3.05, 3.63) is 46.9 Å². The lowest BCUT2D eigenvalue weighted by Gasteiger charge is -2.31. The van der Waals surface area contributed by atoms with Crippen LogP contribution < -0.4 is 11.1 Å². The second-order valence-corrected chi connectivity index (χ2v) is 4.71. The van der Waals surface area contributed by atoms with E-state index in [0.29, 0.717) is 16.9 Å². The number of nitrogens with one attached hydrogen (secondary N) is 1. The van der Waals surface area contributed by atoms with Crippen molar-refractivity contribution >= 4 is 17.2 Å². The van der Waals surface area contributed by atoms with Crippen LogP contribution >= 0.6 is 0 Å². The molecule has 0 atom stereocenters. The molecule has 0 radical (unpaired) electrons. The molecule has 7 heteroatoms. The highest BCUT2D eigenvalue weighted by Crippen LogP contribution is 2.42.